The van der Waals surface area contributed by atoms with Crippen LogP contribution >= 0.6 is 0 Å². The van der Waals surface area contributed by atoms with Crippen molar-refractivity contribution in [1.29, 1.82) is 0 Å². The Labute approximate surface area is 146 Å². The van der Waals surface area contributed by atoms with E-state index in [-0.39, 0.29) is 0 Å². The molecule has 1 N–H and O–H groups in total. The zero-order chi connectivity index (χ0) is 17.6. The molecule has 3 heterocycles. The van der Waals surface area contributed by atoms with E-state index in [1.807, 2.05) is 17.8 Å². The van der Waals surface area contributed by atoms with Gasteiger partial charge >= 0.3 is 0 Å². The van der Waals surface area contributed by atoms with Crippen molar-refractivity contribution >= 4 is 11.0 Å². The predicted octanol–water partition coefficient (Wildman–Crippen LogP) is 1.43. The summed E-state index contributed by atoms with van der Waals surface area (Å²) in [5, 5.41) is 18.9. The SMILES string of the molecule is Cc1cc2ncn(C[C@@H](O)CN3CCn4c(C)nnc4C3)c2cc1C. The zero-order valence-electron chi connectivity index (χ0n) is 15.0. The van der Waals surface area contributed by atoms with Crippen LogP contribution in [0.4, 0.5) is 0 Å². The highest BCUT2D eigenvalue weighted by molar-refractivity contribution is 5.77. The van der Waals surface area contributed by atoms with Crippen molar-refractivity contribution in [3.8, 4) is 0 Å². The summed E-state index contributed by atoms with van der Waals surface area (Å²) < 4.78 is 4.19. The highest BCUT2D eigenvalue weighted by Crippen LogP contribution is 2.19. The minimum absolute atomic E-state index is 0.449. The smallest absolute Gasteiger partial charge is 0.147 e. The molecule has 7 heteroatoms. The summed E-state index contributed by atoms with van der Waals surface area (Å²) in [6.07, 6.45) is 1.37. The number of aliphatic hydroxyl groups excluding tert-OH is 1. The molecule has 0 aliphatic carbocycles. The maximum atomic E-state index is 10.6. The third kappa shape index (κ3) is 3.05. The average Bonchev–Trinajstić information content (AvgIpc) is 3.12. The van der Waals surface area contributed by atoms with E-state index >= 15 is 0 Å². The number of imidazole rings is 1. The molecule has 0 saturated heterocycles. The van der Waals surface area contributed by atoms with Gasteiger partial charge in [-0.05, 0) is 44.0 Å². The molecule has 0 fully saturated rings. The number of aromatic nitrogens is 5. The summed E-state index contributed by atoms with van der Waals surface area (Å²) in [4.78, 5) is 6.71. The van der Waals surface area contributed by atoms with Crippen LogP contribution in [0.25, 0.3) is 11.0 Å². The third-order valence-electron chi connectivity index (χ3n) is 5.13. The van der Waals surface area contributed by atoms with Gasteiger partial charge in [-0.3, -0.25) is 4.90 Å². The maximum absolute atomic E-state index is 10.6. The molecular weight excluding hydrogens is 316 g/mol. The molecule has 1 aliphatic heterocycles. The Kier molecular flexibility index (Phi) is 4.05. The molecule has 4 rings (SSSR count). The summed E-state index contributed by atoms with van der Waals surface area (Å²) in [6, 6.07) is 4.25. The Bertz CT molecular complexity index is 912. The van der Waals surface area contributed by atoms with Crippen LogP contribution in [-0.4, -0.2) is 53.5 Å². The van der Waals surface area contributed by atoms with Crippen molar-refractivity contribution in [2.24, 2.45) is 0 Å². The van der Waals surface area contributed by atoms with Gasteiger partial charge in [0.25, 0.3) is 0 Å². The first-order valence-electron chi connectivity index (χ1n) is 8.72. The predicted molar refractivity (Wildman–Crippen MR) is 95.2 cm³/mol. The van der Waals surface area contributed by atoms with Crippen molar-refractivity contribution in [3.63, 3.8) is 0 Å². The quantitative estimate of drug-likeness (QED) is 0.778. The first-order valence-corrected chi connectivity index (χ1v) is 8.72. The van der Waals surface area contributed by atoms with Gasteiger partial charge in [-0.2, -0.15) is 0 Å². The van der Waals surface area contributed by atoms with E-state index in [4.69, 9.17) is 0 Å². The van der Waals surface area contributed by atoms with Crippen LogP contribution < -0.4 is 0 Å². The van der Waals surface area contributed by atoms with Crippen LogP contribution in [0.5, 0.6) is 0 Å². The van der Waals surface area contributed by atoms with Crippen LogP contribution in [0.2, 0.25) is 0 Å². The maximum Gasteiger partial charge on any atom is 0.147 e. The Balaban J connectivity index is 1.44. The highest BCUT2D eigenvalue weighted by Gasteiger charge is 2.21. The third-order valence-corrected chi connectivity index (χ3v) is 5.13. The van der Waals surface area contributed by atoms with Gasteiger partial charge in [0, 0.05) is 19.6 Å². The van der Waals surface area contributed by atoms with Crippen LogP contribution in [-0.2, 0) is 19.6 Å². The monoisotopic (exact) mass is 340 g/mol. The van der Waals surface area contributed by atoms with Crippen molar-refractivity contribution in [2.75, 3.05) is 13.1 Å². The van der Waals surface area contributed by atoms with E-state index in [2.05, 4.69) is 50.6 Å². The number of benzene rings is 1. The standard InChI is InChI=1S/C18H24N6O/c1-12-6-16-17(7-13(12)2)23(11-19-16)9-15(25)8-22-4-5-24-14(3)20-21-18(24)10-22/h6-7,11,15,25H,4-5,8-10H2,1-3H3/t15-/m0/s1. The van der Waals surface area contributed by atoms with E-state index in [9.17, 15) is 5.11 Å². The first-order chi connectivity index (χ1) is 12.0. The molecule has 1 atom stereocenters. The number of hydrogen-bond acceptors (Lipinski definition) is 5. The summed E-state index contributed by atoms with van der Waals surface area (Å²) in [5.41, 5.74) is 4.55. The van der Waals surface area contributed by atoms with Crippen molar-refractivity contribution in [2.45, 2.75) is 46.5 Å². The van der Waals surface area contributed by atoms with Gasteiger partial charge in [-0.25, -0.2) is 4.98 Å². The van der Waals surface area contributed by atoms with Gasteiger partial charge in [0.15, 0.2) is 0 Å². The number of aryl methyl sites for hydroxylation is 3. The second-order valence-electron chi connectivity index (χ2n) is 7.03. The second kappa shape index (κ2) is 6.24. The minimum atomic E-state index is -0.449. The molecule has 0 amide bonds. The average molecular weight is 340 g/mol. The lowest BCUT2D eigenvalue weighted by Gasteiger charge is -2.29. The summed E-state index contributed by atoms with van der Waals surface area (Å²) in [5.74, 6) is 1.95. The second-order valence-corrected chi connectivity index (χ2v) is 7.03. The molecule has 0 unspecified atom stereocenters. The summed E-state index contributed by atoms with van der Waals surface area (Å²) in [7, 11) is 0. The first kappa shape index (κ1) is 16.2. The molecule has 2 aromatic heterocycles. The van der Waals surface area contributed by atoms with E-state index in [1.54, 1.807) is 0 Å². The molecule has 0 bridgehead atoms. The largest absolute Gasteiger partial charge is 0.390 e. The van der Waals surface area contributed by atoms with Gasteiger partial charge in [0.05, 0.1) is 36.6 Å². The summed E-state index contributed by atoms with van der Waals surface area (Å²) in [6.45, 7) is 9.88. The minimum Gasteiger partial charge on any atom is -0.390 e. The lowest BCUT2D eigenvalue weighted by Crippen LogP contribution is -2.40. The number of aliphatic hydroxyl groups is 1. The van der Waals surface area contributed by atoms with Crippen molar-refractivity contribution in [3.05, 3.63) is 41.2 Å². The Morgan fingerprint density at radius 3 is 2.72 bits per heavy atom. The van der Waals surface area contributed by atoms with Crippen LogP contribution in [0.1, 0.15) is 22.8 Å². The molecule has 3 aromatic rings. The van der Waals surface area contributed by atoms with E-state index in [0.717, 1.165) is 42.3 Å². The fourth-order valence-electron chi connectivity index (χ4n) is 3.55. The molecule has 7 nitrogen and oxygen atoms in total. The van der Waals surface area contributed by atoms with Gasteiger partial charge in [0.2, 0.25) is 0 Å². The topological polar surface area (TPSA) is 72.0 Å². The number of rotatable bonds is 4. The lowest BCUT2D eigenvalue weighted by atomic mass is 10.1. The number of fused-ring (bicyclic) bond motifs is 2. The van der Waals surface area contributed by atoms with Crippen LogP contribution in [0.3, 0.4) is 0 Å². The molecule has 0 saturated carbocycles. The lowest BCUT2D eigenvalue weighted by molar-refractivity contribution is 0.0843. The van der Waals surface area contributed by atoms with E-state index in [0.29, 0.717) is 13.1 Å². The molecule has 0 spiro atoms. The molecule has 132 valence electrons. The number of nitrogens with zero attached hydrogens (tertiary/aromatic N) is 6. The van der Waals surface area contributed by atoms with Crippen molar-refractivity contribution < 1.29 is 5.11 Å². The fourth-order valence-corrected chi connectivity index (χ4v) is 3.55. The molecule has 25 heavy (non-hydrogen) atoms. The molecule has 1 aromatic carbocycles. The van der Waals surface area contributed by atoms with Crippen molar-refractivity contribution in [1.82, 2.24) is 29.2 Å². The van der Waals surface area contributed by atoms with Gasteiger partial charge in [-0.15, -0.1) is 10.2 Å². The Hall–Kier alpha value is -2.25. The van der Waals surface area contributed by atoms with E-state index in [1.165, 1.54) is 11.1 Å². The molecule has 0 radical (unpaired) electrons. The normalized spacial score (nSPS) is 16.3. The Morgan fingerprint density at radius 2 is 1.88 bits per heavy atom. The molecule has 1 aliphatic rings. The fraction of sp³-hybridized carbons (Fsp3) is 0.500. The van der Waals surface area contributed by atoms with Gasteiger partial charge in [0.1, 0.15) is 11.6 Å². The molecular formula is C18H24N6O. The highest BCUT2D eigenvalue weighted by atomic mass is 16.3. The van der Waals surface area contributed by atoms with Crippen LogP contribution in [0.15, 0.2) is 18.5 Å². The number of hydrogen-bond donors (Lipinski definition) is 1. The van der Waals surface area contributed by atoms with E-state index < -0.39 is 6.10 Å². The van der Waals surface area contributed by atoms with Gasteiger partial charge in [-0.1, -0.05) is 0 Å². The van der Waals surface area contributed by atoms with Crippen LogP contribution in [0, 0.1) is 20.8 Å². The summed E-state index contributed by atoms with van der Waals surface area (Å²) >= 11 is 0. The Morgan fingerprint density at radius 1 is 1.08 bits per heavy atom. The zero-order valence-corrected chi connectivity index (χ0v) is 15.0. The van der Waals surface area contributed by atoms with Gasteiger partial charge < -0.3 is 14.2 Å². The number of β-amino-alcohol motifs (C(OH)–C–C–N with tert-alkyl or cyclic N) is 1.